The Morgan fingerprint density at radius 2 is 2.21 bits per heavy atom. The zero-order chi connectivity index (χ0) is 14.0. The summed E-state index contributed by atoms with van der Waals surface area (Å²) in [6.45, 7) is 1.48. The Hall–Kier alpha value is -2.37. The summed E-state index contributed by atoms with van der Waals surface area (Å²) in [5, 5.41) is 8.87. The Bertz CT molecular complexity index is 587. The van der Waals surface area contributed by atoms with E-state index < -0.39 is 12.0 Å². The number of hydrogen-bond donors (Lipinski definition) is 1. The normalized spacial score (nSPS) is 12.3. The predicted molar refractivity (Wildman–Crippen MR) is 68.8 cm³/mol. The highest BCUT2D eigenvalue weighted by molar-refractivity contribution is 5.84. The van der Waals surface area contributed by atoms with Gasteiger partial charge in [-0.25, -0.2) is 9.78 Å². The maximum atomic E-state index is 11.9. The topological polar surface area (TPSA) is 74.9 Å². The number of aromatic nitrogens is 2. The first-order valence-electron chi connectivity index (χ1n) is 5.90. The van der Waals surface area contributed by atoms with Crippen molar-refractivity contribution < 1.29 is 14.7 Å². The molecular formula is C13H15N3O3. The summed E-state index contributed by atoms with van der Waals surface area (Å²) in [5.41, 5.74) is 1.39. The van der Waals surface area contributed by atoms with Crippen LogP contribution in [-0.4, -0.2) is 44.4 Å². The third kappa shape index (κ3) is 2.73. The van der Waals surface area contributed by atoms with Crippen molar-refractivity contribution in [1.82, 2.24) is 14.3 Å². The number of imidazole rings is 1. The summed E-state index contributed by atoms with van der Waals surface area (Å²) < 4.78 is 1.82. The summed E-state index contributed by atoms with van der Waals surface area (Å²) in [6, 6.07) is 4.74. The molecule has 6 heteroatoms. The maximum Gasteiger partial charge on any atom is 0.326 e. The van der Waals surface area contributed by atoms with Gasteiger partial charge in [-0.2, -0.15) is 0 Å². The molecule has 2 heterocycles. The van der Waals surface area contributed by atoms with Crippen LogP contribution in [0.25, 0.3) is 5.65 Å². The highest BCUT2D eigenvalue weighted by Gasteiger charge is 2.22. The van der Waals surface area contributed by atoms with Crippen molar-refractivity contribution in [2.24, 2.45) is 0 Å². The summed E-state index contributed by atoms with van der Waals surface area (Å²) in [5.74, 6) is -1.29. The molecule has 0 aliphatic carbocycles. The minimum atomic E-state index is -1.02. The molecule has 100 valence electrons. The monoisotopic (exact) mass is 261 g/mol. The zero-order valence-corrected chi connectivity index (χ0v) is 10.8. The van der Waals surface area contributed by atoms with Gasteiger partial charge in [0.1, 0.15) is 11.7 Å². The molecule has 0 saturated heterocycles. The lowest BCUT2D eigenvalue weighted by molar-refractivity contribution is -0.148. The number of carboxylic acids is 1. The Balaban J connectivity index is 2.12. The lowest BCUT2D eigenvalue weighted by Gasteiger charge is -2.20. The minimum Gasteiger partial charge on any atom is -0.480 e. The van der Waals surface area contributed by atoms with E-state index in [9.17, 15) is 9.59 Å². The second kappa shape index (κ2) is 5.09. The molecule has 0 saturated carbocycles. The van der Waals surface area contributed by atoms with E-state index >= 15 is 0 Å². The molecule has 0 fully saturated rings. The number of carbonyl (C=O) groups is 2. The van der Waals surface area contributed by atoms with Crippen LogP contribution in [-0.2, 0) is 16.0 Å². The fourth-order valence-corrected chi connectivity index (χ4v) is 1.73. The van der Waals surface area contributed by atoms with Gasteiger partial charge in [-0.05, 0) is 19.1 Å². The number of hydrogen-bond acceptors (Lipinski definition) is 3. The van der Waals surface area contributed by atoms with Crippen LogP contribution in [0.2, 0.25) is 0 Å². The smallest absolute Gasteiger partial charge is 0.326 e. The number of aliphatic carboxylic acids is 1. The molecule has 1 amide bonds. The average Bonchev–Trinajstić information content (AvgIpc) is 2.78. The van der Waals surface area contributed by atoms with Gasteiger partial charge >= 0.3 is 5.97 Å². The molecule has 0 aliphatic heterocycles. The highest BCUT2D eigenvalue weighted by Crippen LogP contribution is 2.07. The van der Waals surface area contributed by atoms with Crippen LogP contribution < -0.4 is 0 Å². The summed E-state index contributed by atoms with van der Waals surface area (Å²) in [7, 11) is 1.48. The number of nitrogens with zero attached hydrogens (tertiary/aromatic N) is 3. The number of rotatable bonds is 4. The van der Waals surface area contributed by atoms with Crippen molar-refractivity contribution in [1.29, 1.82) is 0 Å². The zero-order valence-electron chi connectivity index (χ0n) is 10.8. The Labute approximate surface area is 110 Å². The number of likely N-dealkylation sites (N-methyl/N-ethyl adjacent to an activating group) is 1. The molecule has 0 spiro atoms. The van der Waals surface area contributed by atoms with E-state index in [1.807, 2.05) is 28.8 Å². The fraction of sp³-hybridized carbons (Fsp3) is 0.308. The lowest BCUT2D eigenvalue weighted by Crippen LogP contribution is -2.41. The third-order valence-corrected chi connectivity index (χ3v) is 3.08. The van der Waals surface area contributed by atoms with Gasteiger partial charge in [0.25, 0.3) is 0 Å². The quantitative estimate of drug-likeness (QED) is 0.883. The van der Waals surface area contributed by atoms with E-state index in [-0.39, 0.29) is 12.3 Å². The fourth-order valence-electron chi connectivity index (χ4n) is 1.73. The molecular weight excluding hydrogens is 246 g/mol. The van der Waals surface area contributed by atoms with Crippen molar-refractivity contribution >= 4 is 17.5 Å². The second-order valence-corrected chi connectivity index (χ2v) is 4.39. The van der Waals surface area contributed by atoms with E-state index in [0.717, 1.165) is 5.65 Å². The van der Waals surface area contributed by atoms with E-state index in [0.29, 0.717) is 5.69 Å². The second-order valence-electron chi connectivity index (χ2n) is 4.39. The van der Waals surface area contributed by atoms with E-state index in [2.05, 4.69) is 4.98 Å². The molecule has 2 aromatic heterocycles. The molecule has 2 aromatic rings. The summed E-state index contributed by atoms with van der Waals surface area (Å²) >= 11 is 0. The predicted octanol–water partition coefficient (Wildman–Crippen LogP) is 0.808. The molecule has 2 rings (SSSR count). The number of pyridine rings is 1. The molecule has 6 nitrogen and oxygen atoms in total. The Morgan fingerprint density at radius 3 is 2.84 bits per heavy atom. The number of fused-ring (bicyclic) bond motifs is 1. The first kappa shape index (κ1) is 13.1. The van der Waals surface area contributed by atoms with Crippen LogP contribution in [0.1, 0.15) is 12.6 Å². The first-order chi connectivity index (χ1) is 8.99. The molecule has 0 aliphatic rings. The maximum absolute atomic E-state index is 11.9. The molecule has 1 unspecified atom stereocenters. The summed E-state index contributed by atoms with van der Waals surface area (Å²) in [6.07, 6.45) is 3.71. The van der Waals surface area contributed by atoms with Gasteiger partial charge in [0.2, 0.25) is 5.91 Å². The largest absolute Gasteiger partial charge is 0.480 e. The SMILES string of the molecule is CC(C(=O)O)N(C)C(=O)Cc1cn2ccccc2n1. The Morgan fingerprint density at radius 1 is 1.47 bits per heavy atom. The van der Waals surface area contributed by atoms with Gasteiger partial charge in [0.05, 0.1) is 12.1 Å². The highest BCUT2D eigenvalue weighted by atomic mass is 16.4. The van der Waals surface area contributed by atoms with E-state index in [4.69, 9.17) is 5.11 Å². The summed E-state index contributed by atoms with van der Waals surface area (Å²) in [4.78, 5) is 28.3. The first-order valence-corrected chi connectivity index (χ1v) is 5.90. The third-order valence-electron chi connectivity index (χ3n) is 3.08. The number of carbonyl (C=O) groups excluding carboxylic acids is 1. The van der Waals surface area contributed by atoms with Gasteiger partial charge in [-0.1, -0.05) is 6.07 Å². The molecule has 0 radical (unpaired) electrons. The molecule has 19 heavy (non-hydrogen) atoms. The van der Waals surface area contributed by atoms with Crippen LogP contribution in [0.15, 0.2) is 30.6 Å². The molecule has 0 bridgehead atoms. The number of carboxylic acid groups (broad SMARTS) is 1. The van der Waals surface area contributed by atoms with Crippen molar-refractivity contribution in [3.63, 3.8) is 0 Å². The van der Waals surface area contributed by atoms with Crippen molar-refractivity contribution in [2.75, 3.05) is 7.05 Å². The average molecular weight is 261 g/mol. The van der Waals surface area contributed by atoms with Gasteiger partial charge in [-0.15, -0.1) is 0 Å². The van der Waals surface area contributed by atoms with Crippen LogP contribution in [0.5, 0.6) is 0 Å². The van der Waals surface area contributed by atoms with Crippen LogP contribution in [0.4, 0.5) is 0 Å². The van der Waals surface area contributed by atoms with Gasteiger partial charge in [-0.3, -0.25) is 4.79 Å². The minimum absolute atomic E-state index is 0.0931. The molecule has 1 N–H and O–H groups in total. The van der Waals surface area contributed by atoms with Crippen LogP contribution >= 0.6 is 0 Å². The lowest BCUT2D eigenvalue weighted by atomic mass is 10.2. The van der Waals surface area contributed by atoms with Gasteiger partial charge < -0.3 is 14.4 Å². The molecule has 0 aromatic carbocycles. The van der Waals surface area contributed by atoms with Crippen molar-refractivity contribution in [2.45, 2.75) is 19.4 Å². The Kier molecular flexibility index (Phi) is 3.50. The van der Waals surface area contributed by atoms with Gasteiger partial charge in [0, 0.05) is 19.4 Å². The number of amides is 1. The van der Waals surface area contributed by atoms with E-state index in [1.54, 1.807) is 6.20 Å². The standard InChI is InChI=1S/C13H15N3O3/c1-9(13(18)19)15(2)12(17)7-10-8-16-6-4-3-5-11(16)14-10/h3-6,8-9H,7H2,1-2H3,(H,18,19). The van der Waals surface area contributed by atoms with Crippen molar-refractivity contribution in [3.8, 4) is 0 Å². The van der Waals surface area contributed by atoms with Crippen LogP contribution in [0, 0.1) is 0 Å². The van der Waals surface area contributed by atoms with Gasteiger partial charge in [0.15, 0.2) is 0 Å². The molecule has 1 atom stereocenters. The van der Waals surface area contributed by atoms with E-state index in [1.165, 1.54) is 18.9 Å². The van der Waals surface area contributed by atoms with Crippen LogP contribution in [0.3, 0.4) is 0 Å². The van der Waals surface area contributed by atoms with Crippen molar-refractivity contribution in [3.05, 3.63) is 36.3 Å².